The molecule has 9 heteroatoms. The van der Waals surface area contributed by atoms with E-state index in [0.717, 1.165) is 16.4 Å². The van der Waals surface area contributed by atoms with Gasteiger partial charge in [0.05, 0.1) is 16.4 Å². The Morgan fingerprint density at radius 3 is 2.80 bits per heavy atom. The van der Waals surface area contributed by atoms with E-state index in [1.54, 1.807) is 6.20 Å². The van der Waals surface area contributed by atoms with Gasteiger partial charge in [0.1, 0.15) is 10.7 Å². The van der Waals surface area contributed by atoms with Gasteiger partial charge in [0.25, 0.3) is 0 Å². The van der Waals surface area contributed by atoms with Gasteiger partial charge < -0.3 is 5.73 Å². The molecular weight excluding hydrogens is 351 g/mol. The van der Waals surface area contributed by atoms with Crippen LogP contribution in [0.3, 0.4) is 0 Å². The van der Waals surface area contributed by atoms with Gasteiger partial charge in [-0.2, -0.15) is 9.40 Å². The summed E-state index contributed by atoms with van der Waals surface area (Å²) < 4.78 is 39.3. The quantitative estimate of drug-likeness (QED) is 0.809. The fraction of sp³-hybridized carbons (Fsp3) is 0.182. The van der Waals surface area contributed by atoms with Crippen molar-refractivity contribution in [2.75, 3.05) is 12.8 Å². The number of aromatic amines is 1. The van der Waals surface area contributed by atoms with Crippen LogP contribution in [0.5, 0.6) is 0 Å². The summed E-state index contributed by atoms with van der Waals surface area (Å²) in [4.78, 5) is -0.142. The Kier molecular flexibility index (Phi) is 4.11. The Bertz CT molecular complexity index is 718. The number of aromatic nitrogens is 2. The highest BCUT2D eigenvalue weighted by Crippen LogP contribution is 2.28. The van der Waals surface area contributed by atoms with Crippen LogP contribution in [0.25, 0.3) is 0 Å². The lowest BCUT2D eigenvalue weighted by atomic mass is 10.3. The maximum atomic E-state index is 13.3. The number of nitrogens with two attached hydrogens (primary N) is 1. The third kappa shape index (κ3) is 2.84. The van der Waals surface area contributed by atoms with Crippen molar-refractivity contribution in [1.82, 2.24) is 14.5 Å². The fourth-order valence-electron chi connectivity index (χ4n) is 1.64. The number of halogens is 2. The molecule has 3 N–H and O–H groups in total. The molecule has 2 aromatic rings. The van der Waals surface area contributed by atoms with Gasteiger partial charge in [-0.3, -0.25) is 5.10 Å². The molecule has 0 aliphatic rings. The summed E-state index contributed by atoms with van der Waals surface area (Å²) in [6.07, 6.45) is 3.12. The monoisotopic (exact) mass is 362 g/mol. The van der Waals surface area contributed by atoms with E-state index < -0.39 is 15.8 Å². The summed E-state index contributed by atoms with van der Waals surface area (Å²) in [6.45, 7) is 0.132. The topological polar surface area (TPSA) is 92.1 Å². The Hall–Kier alpha value is -1.45. The first kappa shape index (κ1) is 14.9. The lowest BCUT2D eigenvalue weighted by Crippen LogP contribution is -2.27. The number of hydrogen-bond donors (Lipinski definition) is 2. The number of hydrogen-bond acceptors (Lipinski definition) is 4. The summed E-state index contributed by atoms with van der Waals surface area (Å²) in [5.41, 5.74) is 6.17. The highest BCUT2D eigenvalue weighted by Gasteiger charge is 2.25. The van der Waals surface area contributed by atoms with Crippen LogP contribution in [0.2, 0.25) is 0 Å². The molecule has 1 heterocycles. The van der Waals surface area contributed by atoms with Gasteiger partial charge in [-0.1, -0.05) is 0 Å². The third-order valence-electron chi connectivity index (χ3n) is 2.70. The number of H-pyrrole nitrogens is 1. The first-order chi connectivity index (χ1) is 9.32. The zero-order valence-electron chi connectivity index (χ0n) is 10.5. The van der Waals surface area contributed by atoms with Crippen LogP contribution in [-0.4, -0.2) is 30.0 Å². The molecule has 0 fully saturated rings. The minimum atomic E-state index is -3.81. The number of rotatable bonds is 4. The molecule has 0 unspecified atom stereocenters. The zero-order valence-corrected chi connectivity index (χ0v) is 12.9. The molecule has 0 bridgehead atoms. The first-order valence-electron chi connectivity index (χ1n) is 5.51. The lowest BCUT2D eigenvalue weighted by Gasteiger charge is -2.18. The van der Waals surface area contributed by atoms with Gasteiger partial charge >= 0.3 is 0 Å². The van der Waals surface area contributed by atoms with Crippen LogP contribution in [0.4, 0.5) is 10.1 Å². The Balaban J connectivity index is 2.37. The van der Waals surface area contributed by atoms with Crippen molar-refractivity contribution in [2.45, 2.75) is 11.4 Å². The van der Waals surface area contributed by atoms with Gasteiger partial charge in [0.15, 0.2) is 0 Å². The van der Waals surface area contributed by atoms with Crippen molar-refractivity contribution >= 4 is 31.6 Å². The summed E-state index contributed by atoms with van der Waals surface area (Å²) in [6, 6.07) is 2.13. The second-order valence-electron chi connectivity index (χ2n) is 4.17. The minimum Gasteiger partial charge on any atom is -0.398 e. The van der Waals surface area contributed by atoms with Crippen LogP contribution in [-0.2, 0) is 16.6 Å². The summed E-state index contributed by atoms with van der Waals surface area (Å²) in [5.74, 6) is -0.612. The average Bonchev–Trinajstić information content (AvgIpc) is 2.86. The molecule has 0 saturated carbocycles. The predicted molar refractivity (Wildman–Crippen MR) is 75.8 cm³/mol. The standard InChI is InChI=1S/C11H12BrFN4O2S/c1-17(6-7-4-15-16-5-7)20(18,19)11-2-8(12)9(13)3-10(11)14/h2-5H,6,14H2,1H3,(H,15,16). The van der Waals surface area contributed by atoms with Crippen molar-refractivity contribution in [2.24, 2.45) is 0 Å². The van der Waals surface area contributed by atoms with E-state index in [2.05, 4.69) is 26.1 Å². The molecule has 108 valence electrons. The molecule has 0 aliphatic heterocycles. The molecule has 20 heavy (non-hydrogen) atoms. The molecule has 0 saturated heterocycles. The van der Waals surface area contributed by atoms with Gasteiger partial charge in [-0.15, -0.1) is 0 Å². The number of sulfonamides is 1. The van der Waals surface area contributed by atoms with E-state index in [1.807, 2.05) is 0 Å². The normalized spacial score (nSPS) is 12.0. The van der Waals surface area contributed by atoms with Crippen LogP contribution in [0.15, 0.2) is 33.9 Å². The molecule has 0 atom stereocenters. The third-order valence-corrected chi connectivity index (χ3v) is 5.17. The molecule has 1 aromatic carbocycles. The highest BCUT2D eigenvalue weighted by molar-refractivity contribution is 9.10. The van der Waals surface area contributed by atoms with Crippen LogP contribution >= 0.6 is 15.9 Å². The number of nitrogens with zero attached hydrogens (tertiary/aromatic N) is 2. The van der Waals surface area contributed by atoms with Crippen LogP contribution in [0, 0.1) is 5.82 Å². The van der Waals surface area contributed by atoms with Crippen molar-refractivity contribution in [3.8, 4) is 0 Å². The maximum Gasteiger partial charge on any atom is 0.245 e. The molecule has 0 radical (unpaired) electrons. The van der Waals surface area contributed by atoms with Crippen molar-refractivity contribution in [3.63, 3.8) is 0 Å². The molecule has 0 amide bonds. The van der Waals surface area contributed by atoms with Gasteiger partial charge in [-0.05, 0) is 28.1 Å². The first-order valence-corrected chi connectivity index (χ1v) is 7.74. The number of benzene rings is 1. The second-order valence-corrected chi connectivity index (χ2v) is 7.04. The molecule has 0 aliphatic carbocycles. The molecule has 0 spiro atoms. The SMILES string of the molecule is CN(Cc1cn[nH]c1)S(=O)(=O)c1cc(Br)c(F)cc1N. The second kappa shape index (κ2) is 5.51. The minimum absolute atomic E-state index is 0.0435. The Morgan fingerprint density at radius 1 is 1.50 bits per heavy atom. The fourth-order valence-corrected chi connectivity index (χ4v) is 3.41. The van der Waals surface area contributed by atoms with Gasteiger partial charge in [-0.25, -0.2) is 12.8 Å². The van der Waals surface area contributed by atoms with E-state index in [9.17, 15) is 12.8 Å². The summed E-state index contributed by atoms with van der Waals surface area (Å²) >= 11 is 2.95. The maximum absolute atomic E-state index is 13.3. The van der Waals surface area contributed by atoms with Crippen molar-refractivity contribution in [1.29, 1.82) is 0 Å². The molecule has 6 nitrogen and oxygen atoms in total. The average molecular weight is 363 g/mol. The molecule has 1 aromatic heterocycles. The Morgan fingerprint density at radius 2 is 2.20 bits per heavy atom. The van der Waals surface area contributed by atoms with Gasteiger partial charge in [0.2, 0.25) is 10.0 Å². The number of nitrogen functional groups attached to an aromatic ring is 1. The van der Waals surface area contributed by atoms with E-state index >= 15 is 0 Å². The van der Waals surface area contributed by atoms with E-state index in [0.29, 0.717) is 5.56 Å². The van der Waals surface area contributed by atoms with Crippen LogP contribution < -0.4 is 5.73 Å². The summed E-state index contributed by atoms with van der Waals surface area (Å²) in [7, 11) is -2.40. The smallest absolute Gasteiger partial charge is 0.245 e. The Labute approximate surface area is 124 Å². The van der Waals surface area contributed by atoms with E-state index in [4.69, 9.17) is 5.73 Å². The summed E-state index contributed by atoms with van der Waals surface area (Å²) in [5, 5.41) is 6.35. The number of nitrogens with one attached hydrogen (secondary N) is 1. The molecule has 2 rings (SSSR count). The predicted octanol–water partition coefficient (Wildman–Crippen LogP) is 1.71. The van der Waals surface area contributed by atoms with E-state index in [-0.39, 0.29) is 21.6 Å². The lowest BCUT2D eigenvalue weighted by molar-refractivity contribution is 0.467. The highest BCUT2D eigenvalue weighted by atomic mass is 79.9. The zero-order chi connectivity index (χ0) is 14.9. The largest absolute Gasteiger partial charge is 0.398 e. The van der Waals surface area contributed by atoms with Gasteiger partial charge in [0, 0.05) is 25.4 Å². The van der Waals surface area contributed by atoms with E-state index in [1.165, 1.54) is 13.2 Å². The van der Waals surface area contributed by atoms with Crippen molar-refractivity contribution < 1.29 is 12.8 Å². The van der Waals surface area contributed by atoms with Crippen molar-refractivity contribution in [3.05, 3.63) is 40.4 Å². The number of anilines is 1. The van der Waals surface area contributed by atoms with Crippen LogP contribution in [0.1, 0.15) is 5.56 Å². The molecular formula is C11H12BrFN4O2S.